The molecule has 0 aliphatic heterocycles. The Balaban J connectivity index is 2.86. The number of rotatable bonds is 4. The van der Waals surface area contributed by atoms with Gasteiger partial charge in [0, 0.05) is 0 Å². The molecule has 0 bridgehead atoms. The average molecular weight is 293 g/mol. The fraction of sp³-hybridized carbons (Fsp3) is 0.250. The van der Waals surface area contributed by atoms with Crippen LogP contribution in [0, 0.1) is 0 Å². The summed E-state index contributed by atoms with van der Waals surface area (Å²) in [6, 6.07) is 3.11. The van der Waals surface area contributed by atoms with Crippen LogP contribution in [0.4, 0.5) is 5.69 Å². The molecule has 0 spiro atoms. The average Bonchev–Trinajstić information content (AvgIpc) is 2.15. The molecule has 1 aromatic rings. The SMILES string of the molecule is CS(=O)(=O)Nc1ccc(C(Br)C=O)nc1. The molecule has 0 saturated carbocycles. The maximum absolute atomic E-state index is 10.9. The molecule has 1 atom stereocenters. The fourth-order valence-corrected chi connectivity index (χ4v) is 1.73. The van der Waals surface area contributed by atoms with E-state index < -0.39 is 14.9 Å². The van der Waals surface area contributed by atoms with Crippen molar-refractivity contribution in [1.29, 1.82) is 0 Å². The molecule has 0 aromatic carbocycles. The third kappa shape index (κ3) is 3.96. The van der Waals surface area contributed by atoms with E-state index in [1.807, 2.05) is 0 Å². The number of aromatic nitrogens is 1. The second-order valence-electron chi connectivity index (χ2n) is 2.88. The molecule has 1 unspecified atom stereocenters. The maximum atomic E-state index is 10.9. The van der Waals surface area contributed by atoms with E-state index >= 15 is 0 Å². The number of carbonyl (C=O) groups is 1. The monoisotopic (exact) mass is 292 g/mol. The smallest absolute Gasteiger partial charge is 0.229 e. The number of pyridine rings is 1. The summed E-state index contributed by atoms with van der Waals surface area (Å²) in [5.41, 5.74) is 0.899. The van der Waals surface area contributed by atoms with Gasteiger partial charge in [-0.05, 0) is 12.1 Å². The Morgan fingerprint density at radius 3 is 2.60 bits per heavy atom. The van der Waals surface area contributed by atoms with E-state index in [4.69, 9.17) is 0 Å². The van der Waals surface area contributed by atoms with E-state index in [9.17, 15) is 13.2 Å². The number of carbonyl (C=O) groups excluding carboxylic acids is 1. The lowest BCUT2D eigenvalue weighted by Gasteiger charge is -2.05. The van der Waals surface area contributed by atoms with Crippen LogP contribution >= 0.6 is 15.9 Å². The molecule has 1 N–H and O–H groups in total. The Morgan fingerprint density at radius 1 is 1.53 bits per heavy atom. The van der Waals surface area contributed by atoms with Gasteiger partial charge in [0.15, 0.2) is 0 Å². The summed E-state index contributed by atoms with van der Waals surface area (Å²) in [4.78, 5) is 13.9. The molecular formula is C8H9BrN2O3S. The predicted molar refractivity (Wildman–Crippen MR) is 60.4 cm³/mol. The van der Waals surface area contributed by atoms with Crippen LogP contribution in [0.15, 0.2) is 18.3 Å². The molecule has 82 valence electrons. The van der Waals surface area contributed by atoms with Gasteiger partial charge in [-0.25, -0.2) is 8.42 Å². The van der Waals surface area contributed by atoms with Gasteiger partial charge < -0.3 is 4.79 Å². The van der Waals surface area contributed by atoms with E-state index in [1.165, 1.54) is 6.20 Å². The Kier molecular flexibility index (Phi) is 3.81. The zero-order chi connectivity index (χ0) is 11.5. The van der Waals surface area contributed by atoms with Crippen LogP contribution in [0.3, 0.4) is 0 Å². The van der Waals surface area contributed by atoms with E-state index in [1.54, 1.807) is 12.1 Å². The van der Waals surface area contributed by atoms with Gasteiger partial charge in [0.1, 0.15) is 11.1 Å². The molecule has 0 saturated heterocycles. The highest BCUT2D eigenvalue weighted by Crippen LogP contribution is 2.19. The minimum Gasteiger partial charge on any atom is -0.302 e. The molecule has 5 nitrogen and oxygen atoms in total. The first-order chi connectivity index (χ1) is 6.92. The van der Waals surface area contributed by atoms with Crippen molar-refractivity contribution in [3.63, 3.8) is 0 Å². The lowest BCUT2D eigenvalue weighted by Crippen LogP contribution is -2.10. The highest BCUT2D eigenvalue weighted by Gasteiger charge is 2.07. The Morgan fingerprint density at radius 2 is 2.20 bits per heavy atom. The largest absolute Gasteiger partial charge is 0.302 e. The Labute approximate surface area is 96.1 Å². The van der Waals surface area contributed by atoms with Crippen molar-refractivity contribution in [3.8, 4) is 0 Å². The number of halogens is 1. The summed E-state index contributed by atoms with van der Waals surface area (Å²) in [6.07, 6.45) is 3.11. The van der Waals surface area contributed by atoms with Crippen molar-refractivity contribution >= 4 is 37.9 Å². The second-order valence-corrected chi connectivity index (χ2v) is 5.62. The summed E-state index contributed by atoms with van der Waals surface area (Å²) in [5, 5.41) is 0. The standard InChI is InChI=1S/C8H9BrN2O3S/c1-15(13,14)11-6-2-3-8(10-4-6)7(9)5-12/h2-5,7,11H,1H3. The predicted octanol–water partition coefficient (Wildman–Crippen LogP) is 1.09. The topological polar surface area (TPSA) is 76.1 Å². The molecule has 0 radical (unpaired) electrons. The first kappa shape index (κ1) is 12.1. The number of aldehydes is 1. The third-order valence-corrected chi connectivity index (χ3v) is 2.78. The molecule has 1 heterocycles. The van der Waals surface area contributed by atoms with Gasteiger partial charge in [0.25, 0.3) is 0 Å². The number of sulfonamides is 1. The number of nitrogens with one attached hydrogen (secondary N) is 1. The van der Waals surface area contributed by atoms with Gasteiger partial charge in [0.2, 0.25) is 10.0 Å². The van der Waals surface area contributed by atoms with E-state index in [0.717, 1.165) is 6.26 Å². The zero-order valence-electron chi connectivity index (χ0n) is 7.84. The minimum absolute atomic E-state index is 0.367. The lowest BCUT2D eigenvalue weighted by molar-refractivity contribution is -0.107. The first-order valence-electron chi connectivity index (χ1n) is 3.95. The van der Waals surface area contributed by atoms with E-state index in [0.29, 0.717) is 17.7 Å². The normalized spacial score (nSPS) is 13.2. The van der Waals surface area contributed by atoms with Crippen LogP contribution in [-0.2, 0) is 14.8 Å². The van der Waals surface area contributed by atoms with Crippen molar-refractivity contribution in [1.82, 2.24) is 4.98 Å². The van der Waals surface area contributed by atoms with Gasteiger partial charge in [-0.15, -0.1) is 0 Å². The molecule has 0 aliphatic rings. The minimum atomic E-state index is -3.29. The molecule has 0 fully saturated rings. The zero-order valence-corrected chi connectivity index (χ0v) is 10.2. The number of hydrogen-bond acceptors (Lipinski definition) is 4. The summed E-state index contributed by atoms with van der Waals surface area (Å²) >= 11 is 3.10. The van der Waals surface area contributed by atoms with Crippen LogP contribution in [0.25, 0.3) is 0 Å². The molecule has 1 aromatic heterocycles. The van der Waals surface area contributed by atoms with Crippen molar-refractivity contribution in [2.45, 2.75) is 4.83 Å². The summed E-state index contributed by atoms with van der Waals surface area (Å²) in [6.45, 7) is 0. The molecule has 0 amide bonds. The van der Waals surface area contributed by atoms with Crippen LogP contribution in [0.5, 0.6) is 0 Å². The number of anilines is 1. The second kappa shape index (κ2) is 4.71. The van der Waals surface area contributed by atoms with Crippen molar-refractivity contribution < 1.29 is 13.2 Å². The van der Waals surface area contributed by atoms with Crippen molar-refractivity contribution in [2.24, 2.45) is 0 Å². The van der Waals surface area contributed by atoms with Gasteiger partial charge in [-0.1, -0.05) is 15.9 Å². The molecule has 0 aliphatic carbocycles. The van der Waals surface area contributed by atoms with Gasteiger partial charge in [0.05, 0.1) is 23.8 Å². The third-order valence-electron chi connectivity index (χ3n) is 1.49. The van der Waals surface area contributed by atoms with Gasteiger partial charge >= 0.3 is 0 Å². The Hall–Kier alpha value is -0.950. The summed E-state index contributed by atoms with van der Waals surface area (Å²) < 4.78 is 24.0. The molecule has 15 heavy (non-hydrogen) atoms. The van der Waals surface area contributed by atoms with E-state index in [-0.39, 0.29) is 0 Å². The van der Waals surface area contributed by atoms with Crippen LogP contribution in [0.2, 0.25) is 0 Å². The van der Waals surface area contributed by atoms with Crippen LogP contribution in [0.1, 0.15) is 10.5 Å². The number of hydrogen-bond donors (Lipinski definition) is 1. The molecular weight excluding hydrogens is 284 g/mol. The summed E-state index contributed by atoms with van der Waals surface area (Å²) in [5.74, 6) is 0. The molecule has 1 rings (SSSR count). The van der Waals surface area contributed by atoms with Crippen molar-refractivity contribution in [3.05, 3.63) is 24.0 Å². The fourth-order valence-electron chi connectivity index (χ4n) is 0.913. The van der Waals surface area contributed by atoms with Crippen molar-refractivity contribution in [2.75, 3.05) is 11.0 Å². The number of alkyl halides is 1. The maximum Gasteiger partial charge on any atom is 0.229 e. The van der Waals surface area contributed by atoms with Gasteiger partial charge in [-0.2, -0.15) is 0 Å². The Bertz CT molecular complexity index is 443. The van der Waals surface area contributed by atoms with Gasteiger partial charge in [-0.3, -0.25) is 9.71 Å². The lowest BCUT2D eigenvalue weighted by atomic mass is 10.3. The number of nitrogens with zero attached hydrogens (tertiary/aromatic N) is 1. The highest BCUT2D eigenvalue weighted by atomic mass is 79.9. The van der Waals surface area contributed by atoms with Crippen LogP contribution in [-0.4, -0.2) is 25.9 Å². The molecule has 7 heteroatoms. The quantitative estimate of drug-likeness (QED) is 0.666. The van der Waals surface area contributed by atoms with E-state index in [2.05, 4.69) is 25.6 Å². The summed E-state index contributed by atoms with van der Waals surface area (Å²) in [7, 11) is -3.29. The first-order valence-corrected chi connectivity index (χ1v) is 6.76. The highest BCUT2D eigenvalue weighted by molar-refractivity contribution is 9.09. The van der Waals surface area contributed by atoms with Crippen LogP contribution < -0.4 is 4.72 Å².